The number of para-hydroxylation sites is 2. The molecule has 0 spiro atoms. The van der Waals surface area contributed by atoms with E-state index in [1.165, 1.54) is 0 Å². The first-order chi connectivity index (χ1) is 14.1. The highest BCUT2D eigenvalue weighted by atomic mass is 16.5. The molecule has 0 aliphatic rings. The quantitative estimate of drug-likeness (QED) is 0.572. The maximum absolute atomic E-state index is 9.98. The number of aromatic nitrogens is 2. The number of pyridine rings is 1. The minimum atomic E-state index is 0.213. The number of imidazole rings is 1. The van der Waals surface area contributed by atoms with Gasteiger partial charge in [0.25, 0.3) is 0 Å². The Morgan fingerprint density at radius 1 is 1.07 bits per heavy atom. The van der Waals surface area contributed by atoms with Crippen LogP contribution in [0.15, 0.2) is 42.5 Å². The van der Waals surface area contributed by atoms with Crippen LogP contribution >= 0.6 is 0 Å². The van der Waals surface area contributed by atoms with Crippen molar-refractivity contribution in [3.05, 3.63) is 53.6 Å². The summed E-state index contributed by atoms with van der Waals surface area (Å²) in [5.41, 5.74) is 9.78. The lowest BCUT2D eigenvalue weighted by Gasteiger charge is -2.15. The number of nitrogen functional groups attached to an aromatic ring is 1. The highest BCUT2D eigenvalue weighted by molar-refractivity contribution is 5.93. The van der Waals surface area contributed by atoms with Crippen LogP contribution in [0.3, 0.4) is 0 Å². The fraction of sp³-hybridized carbons (Fsp3) is 0.136. The summed E-state index contributed by atoms with van der Waals surface area (Å²) in [6.45, 7) is 2.32. The molecular weight excluding hydrogens is 366 g/mol. The molecule has 0 amide bonds. The Labute approximate surface area is 167 Å². The molecule has 0 unspecified atom stereocenters. The SMILES string of the molecule is CCOc1cc(-c2c(C#N)c(N)n3c(nc4ccccc43)c2C#N)ccc1OC. The number of rotatable bonds is 4. The van der Waals surface area contributed by atoms with Crippen LogP contribution in [0.4, 0.5) is 5.82 Å². The Morgan fingerprint density at radius 2 is 1.83 bits per heavy atom. The number of nitrogens with two attached hydrogens (primary N) is 1. The second kappa shape index (κ2) is 7.06. The van der Waals surface area contributed by atoms with Crippen LogP contribution in [0.25, 0.3) is 27.8 Å². The van der Waals surface area contributed by atoms with Crippen LogP contribution in [0.5, 0.6) is 11.5 Å². The largest absolute Gasteiger partial charge is 0.493 e. The maximum Gasteiger partial charge on any atom is 0.161 e. The van der Waals surface area contributed by atoms with Crippen molar-refractivity contribution >= 4 is 22.5 Å². The van der Waals surface area contributed by atoms with Crippen molar-refractivity contribution in [3.8, 4) is 34.8 Å². The van der Waals surface area contributed by atoms with Gasteiger partial charge in [-0.1, -0.05) is 18.2 Å². The van der Waals surface area contributed by atoms with E-state index >= 15 is 0 Å². The molecule has 0 atom stereocenters. The van der Waals surface area contributed by atoms with Gasteiger partial charge in [0, 0.05) is 5.56 Å². The first-order valence-corrected chi connectivity index (χ1v) is 8.98. The number of hydrogen-bond acceptors (Lipinski definition) is 6. The van der Waals surface area contributed by atoms with E-state index < -0.39 is 0 Å². The molecule has 2 N–H and O–H groups in total. The smallest absolute Gasteiger partial charge is 0.161 e. The first kappa shape index (κ1) is 18.1. The maximum atomic E-state index is 9.98. The highest BCUT2D eigenvalue weighted by Crippen LogP contribution is 2.39. The number of methoxy groups -OCH3 is 1. The minimum Gasteiger partial charge on any atom is -0.493 e. The third-order valence-electron chi connectivity index (χ3n) is 4.76. The number of fused-ring (bicyclic) bond motifs is 3. The van der Waals surface area contributed by atoms with Crippen LogP contribution in [-0.4, -0.2) is 23.1 Å². The van der Waals surface area contributed by atoms with E-state index in [0.29, 0.717) is 40.4 Å². The van der Waals surface area contributed by atoms with Crippen molar-refractivity contribution in [1.29, 1.82) is 10.5 Å². The zero-order valence-electron chi connectivity index (χ0n) is 15.9. The van der Waals surface area contributed by atoms with Crippen molar-refractivity contribution in [2.45, 2.75) is 6.92 Å². The van der Waals surface area contributed by atoms with Crippen molar-refractivity contribution in [2.75, 3.05) is 19.5 Å². The Hall–Kier alpha value is -4.23. The van der Waals surface area contributed by atoms with Crippen LogP contribution < -0.4 is 15.2 Å². The van der Waals surface area contributed by atoms with E-state index in [9.17, 15) is 10.5 Å². The molecule has 0 fully saturated rings. The number of nitrogens with zero attached hydrogens (tertiary/aromatic N) is 4. The van der Waals surface area contributed by atoms with Crippen LogP contribution in [-0.2, 0) is 0 Å². The van der Waals surface area contributed by atoms with Gasteiger partial charge < -0.3 is 15.2 Å². The van der Waals surface area contributed by atoms with E-state index in [1.54, 1.807) is 29.7 Å². The molecule has 4 aromatic rings. The predicted octanol–water partition coefficient (Wildman–Crippen LogP) is 3.89. The van der Waals surface area contributed by atoms with Gasteiger partial charge in [0.05, 0.1) is 24.8 Å². The van der Waals surface area contributed by atoms with Gasteiger partial charge in [-0.25, -0.2) is 4.98 Å². The van der Waals surface area contributed by atoms with Crippen molar-refractivity contribution in [2.24, 2.45) is 0 Å². The van der Waals surface area contributed by atoms with Crippen molar-refractivity contribution in [1.82, 2.24) is 9.38 Å². The van der Waals surface area contributed by atoms with Crippen LogP contribution in [0, 0.1) is 22.7 Å². The number of benzene rings is 2. The zero-order chi connectivity index (χ0) is 20.5. The second-order valence-electron chi connectivity index (χ2n) is 6.29. The lowest BCUT2D eigenvalue weighted by molar-refractivity contribution is 0.311. The molecule has 4 rings (SSSR count). The molecule has 2 heterocycles. The Kier molecular flexibility index (Phi) is 4.42. The molecule has 0 aliphatic carbocycles. The monoisotopic (exact) mass is 383 g/mol. The molecule has 0 saturated carbocycles. The molecule has 29 heavy (non-hydrogen) atoms. The van der Waals surface area contributed by atoms with Gasteiger partial charge in [0.1, 0.15) is 29.1 Å². The van der Waals surface area contributed by atoms with Crippen molar-refractivity contribution in [3.63, 3.8) is 0 Å². The number of nitriles is 2. The number of ether oxygens (including phenoxy) is 2. The average Bonchev–Trinajstić information content (AvgIpc) is 3.13. The van der Waals surface area contributed by atoms with Crippen LogP contribution in [0.1, 0.15) is 18.1 Å². The van der Waals surface area contributed by atoms with Gasteiger partial charge in [0.2, 0.25) is 0 Å². The zero-order valence-corrected chi connectivity index (χ0v) is 15.9. The van der Waals surface area contributed by atoms with Gasteiger partial charge in [-0.05, 0) is 36.8 Å². The molecule has 2 aromatic heterocycles. The normalized spacial score (nSPS) is 10.6. The summed E-state index contributed by atoms with van der Waals surface area (Å²) in [7, 11) is 1.55. The lowest BCUT2D eigenvalue weighted by Crippen LogP contribution is -2.06. The predicted molar refractivity (Wildman–Crippen MR) is 110 cm³/mol. The average molecular weight is 383 g/mol. The highest BCUT2D eigenvalue weighted by Gasteiger charge is 2.23. The minimum absolute atomic E-state index is 0.213. The van der Waals surface area contributed by atoms with E-state index in [-0.39, 0.29) is 16.9 Å². The molecule has 142 valence electrons. The Bertz CT molecular complexity index is 1340. The van der Waals surface area contributed by atoms with Crippen LogP contribution in [0.2, 0.25) is 0 Å². The van der Waals surface area contributed by atoms with E-state index in [4.69, 9.17) is 15.2 Å². The summed E-state index contributed by atoms with van der Waals surface area (Å²) in [5.74, 6) is 1.32. The van der Waals surface area contributed by atoms with E-state index in [0.717, 1.165) is 5.52 Å². The molecule has 0 bridgehead atoms. The molecule has 7 heteroatoms. The third kappa shape index (κ3) is 2.69. The molecule has 2 aromatic carbocycles. The van der Waals surface area contributed by atoms with Gasteiger partial charge in [-0.3, -0.25) is 4.40 Å². The summed E-state index contributed by atoms with van der Waals surface area (Å²) in [6.07, 6.45) is 0. The summed E-state index contributed by atoms with van der Waals surface area (Å²) in [6, 6.07) is 17.1. The molecule has 7 nitrogen and oxygen atoms in total. The summed E-state index contributed by atoms with van der Waals surface area (Å²) < 4.78 is 12.7. The Balaban J connectivity index is 2.13. The second-order valence-corrected chi connectivity index (χ2v) is 6.29. The van der Waals surface area contributed by atoms with Gasteiger partial charge in [-0.15, -0.1) is 0 Å². The summed E-state index contributed by atoms with van der Waals surface area (Å²) in [5, 5.41) is 19.9. The standard InChI is InChI=1S/C22H17N5O2/c1-3-29-19-10-13(8-9-18(19)28-2)20-14(11-23)21(25)27-17-7-5-4-6-16(17)26-22(27)15(20)12-24/h4-10H,3,25H2,1-2H3. The van der Waals surface area contributed by atoms with E-state index in [2.05, 4.69) is 17.1 Å². The van der Waals surface area contributed by atoms with Gasteiger partial charge >= 0.3 is 0 Å². The van der Waals surface area contributed by atoms with Gasteiger partial charge in [0.15, 0.2) is 17.1 Å². The number of hydrogen-bond donors (Lipinski definition) is 1. The summed E-state index contributed by atoms with van der Waals surface area (Å²) >= 11 is 0. The Morgan fingerprint density at radius 3 is 2.52 bits per heavy atom. The summed E-state index contributed by atoms with van der Waals surface area (Å²) in [4.78, 5) is 4.60. The first-order valence-electron chi connectivity index (χ1n) is 8.98. The third-order valence-corrected chi connectivity index (χ3v) is 4.76. The number of anilines is 1. The van der Waals surface area contributed by atoms with Gasteiger partial charge in [-0.2, -0.15) is 10.5 Å². The molecular formula is C22H17N5O2. The molecule has 0 aliphatic heterocycles. The molecule has 0 saturated heterocycles. The fourth-order valence-electron chi connectivity index (χ4n) is 3.52. The fourth-order valence-corrected chi connectivity index (χ4v) is 3.52. The lowest BCUT2D eigenvalue weighted by atomic mass is 9.96. The van der Waals surface area contributed by atoms with Crippen molar-refractivity contribution < 1.29 is 9.47 Å². The van der Waals surface area contributed by atoms with E-state index in [1.807, 2.05) is 31.2 Å². The molecule has 0 radical (unpaired) electrons. The topological polar surface area (TPSA) is 109 Å².